The Morgan fingerprint density at radius 3 is 3.08 bits per heavy atom. The molecule has 0 aromatic carbocycles. The molecule has 0 aliphatic heterocycles. The monoisotopic (exact) mass is 177 g/mol. The zero-order valence-electron chi connectivity index (χ0n) is 6.93. The number of rotatable bonds is 1. The van der Waals surface area contributed by atoms with Gasteiger partial charge in [-0.15, -0.1) is 0 Å². The Kier molecular flexibility index (Phi) is 1.51. The fourth-order valence-corrected chi connectivity index (χ4v) is 1.26. The lowest BCUT2D eigenvalue weighted by Crippen LogP contribution is -2.03. The molecule has 5 nitrogen and oxygen atoms in total. The predicted octanol–water partition coefficient (Wildman–Crippen LogP) is 0.736. The summed E-state index contributed by atoms with van der Waals surface area (Å²) in [7, 11) is 0. The number of fused-ring (bicyclic) bond motifs is 1. The van der Waals surface area contributed by atoms with Crippen LogP contribution in [-0.4, -0.2) is 25.7 Å². The van der Waals surface area contributed by atoms with E-state index in [0.717, 1.165) is 11.1 Å². The van der Waals surface area contributed by atoms with Crippen molar-refractivity contribution in [2.24, 2.45) is 0 Å². The molecule has 0 radical (unpaired) electrons. The maximum absolute atomic E-state index is 10.7. The second-order valence-corrected chi connectivity index (χ2v) is 2.72. The van der Waals surface area contributed by atoms with E-state index in [1.165, 1.54) is 10.8 Å². The average molecular weight is 177 g/mol. The minimum atomic E-state index is -0.984. The first kappa shape index (κ1) is 7.72. The molecule has 0 fully saturated rings. The van der Waals surface area contributed by atoms with Gasteiger partial charge in [-0.25, -0.2) is 14.3 Å². The molecule has 0 unspecified atom stereocenters. The van der Waals surface area contributed by atoms with Gasteiger partial charge in [0.1, 0.15) is 6.33 Å². The molecule has 2 heterocycles. The third-order valence-electron chi connectivity index (χ3n) is 1.86. The number of aromatic nitrogens is 3. The Labute approximate surface area is 73.6 Å². The van der Waals surface area contributed by atoms with Crippen molar-refractivity contribution in [2.45, 2.75) is 6.92 Å². The Balaban J connectivity index is 2.85. The molecule has 2 aromatic rings. The Hall–Kier alpha value is -1.91. The van der Waals surface area contributed by atoms with E-state index in [0.29, 0.717) is 0 Å². The molecule has 0 spiro atoms. The summed E-state index contributed by atoms with van der Waals surface area (Å²) in [6.45, 7) is 1.82. The van der Waals surface area contributed by atoms with Gasteiger partial charge in [0.2, 0.25) is 0 Å². The maximum Gasteiger partial charge on any atom is 0.354 e. The van der Waals surface area contributed by atoms with Crippen LogP contribution >= 0.6 is 0 Å². The van der Waals surface area contributed by atoms with Crippen LogP contribution in [0.25, 0.3) is 5.52 Å². The van der Waals surface area contributed by atoms with Crippen LogP contribution in [0.2, 0.25) is 0 Å². The topological polar surface area (TPSA) is 67.5 Å². The highest BCUT2D eigenvalue weighted by Crippen LogP contribution is 2.12. The molecule has 13 heavy (non-hydrogen) atoms. The lowest BCUT2D eigenvalue weighted by molar-refractivity contribution is 0.0688. The van der Waals surface area contributed by atoms with E-state index in [-0.39, 0.29) is 5.69 Å². The lowest BCUT2D eigenvalue weighted by Gasteiger charge is -1.94. The van der Waals surface area contributed by atoms with E-state index in [9.17, 15) is 4.79 Å². The summed E-state index contributed by atoms with van der Waals surface area (Å²) in [5.74, 6) is -0.984. The molecule has 0 saturated carbocycles. The van der Waals surface area contributed by atoms with Gasteiger partial charge in [-0.2, -0.15) is 5.10 Å². The van der Waals surface area contributed by atoms with Crippen molar-refractivity contribution in [1.82, 2.24) is 14.6 Å². The van der Waals surface area contributed by atoms with Crippen LogP contribution in [0.3, 0.4) is 0 Å². The molecule has 0 aliphatic carbocycles. The smallest absolute Gasteiger partial charge is 0.354 e. The number of hydrogen-bond donors (Lipinski definition) is 1. The van der Waals surface area contributed by atoms with Crippen LogP contribution < -0.4 is 0 Å². The average Bonchev–Trinajstić information content (AvgIpc) is 2.45. The van der Waals surface area contributed by atoms with Crippen LogP contribution in [0.1, 0.15) is 16.1 Å². The summed E-state index contributed by atoms with van der Waals surface area (Å²) in [6, 6.07) is 1.58. The quantitative estimate of drug-likeness (QED) is 0.697. The molecule has 66 valence electrons. The minimum absolute atomic E-state index is 0.162. The summed E-state index contributed by atoms with van der Waals surface area (Å²) < 4.78 is 1.37. The van der Waals surface area contributed by atoms with Crippen LogP contribution in [0.5, 0.6) is 0 Å². The summed E-state index contributed by atoms with van der Waals surface area (Å²) >= 11 is 0. The molecule has 1 N–H and O–H groups in total. The minimum Gasteiger partial charge on any atom is -0.477 e. The number of carboxylic acids is 1. The number of aromatic carboxylic acids is 1. The standard InChI is InChI=1S/C8H7N3O2/c1-5-2-6(8(12)13)11-7(5)3-9-4-10-11/h2-4H,1H3,(H,12,13). The van der Waals surface area contributed by atoms with Gasteiger partial charge in [0.05, 0.1) is 11.7 Å². The number of hydrogen-bond acceptors (Lipinski definition) is 3. The molecule has 0 atom stereocenters. The van der Waals surface area contributed by atoms with Crippen LogP contribution in [0.15, 0.2) is 18.6 Å². The van der Waals surface area contributed by atoms with E-state index in [1.807, 2.05) is 6.92 Å². The maximum atomic E-state index is 10.7. The second-order valence-electron chi connectivity index (χ2n) is 2.72. The van der Waals surface area contributed by atoms with Gasteiger partial charge < -0.3 is 5.11 Å². The van der Waals surface area contributed by atoms with Crippen LogP contribution in [0.4, 0.5) is 0 Å². The predicted molar refractivity (Wildman–Crippen MR) is 44.7 cm³/mol. The number of carbonyl (C=O) groups is 1. The third kappa shape index (κ3) is 1.05. The summed E-state index contributed by atoms with van der Waals surface area (Å²) in [6.07, 6.45) is 2.91. The van der Waals surface area contributed by atoms with Gasteiger partial charge in [0.25, 0.3) is 0 Å². The van der Waals surface area contributed by atoms with Gasteiger partial charge in [-0.05, 0) is 18.6 Å². The molecule has 0 bridgehead atoms. The van der Waals surface area contributed by atoms with Crippen LogP contribution in [-0.2, 0) is 0 Å². The van der Waals surface area contributed by atoms with Crippen LogP contribution in [0, 0.1) is 6.92 Å². The van der Waals surface area contributed by atoms with Gasteiger partial charge in [-0.3, -0.25) is 0 Å². The van der Waals surface area contributed by atoms with E-state index >= 15 is 0 Å². The Morgan fingerprint density at radius 1 is 1.62 bits per heavy atom. The molecular weight excluding hydrogens is 170 g/mol. The van der Waals surface area contributed by atoms with Crippen molar-refractivity contribution in [2.75, 3.05) is 0 Å². The van der Waals surface area contributed by atoms with Crippen molar-refractivity contribution < 1.29 is 9.90 Å². The molecule has 2 aromatic heterocycles. The van der Waals surface area contributed by atoms with Gasteiger partial charge in [0, 0.05) is 0 Å². The number of aryl methyl sites for hydroxylation is 1. The zero-order valence-corrected chi connectivity index (χ0v) is 6.93. The van der Waals surface area contributed by atoms with E-state index in [1.54, 1.807) is 12.3 Å². The first-order valence-corrected chi connectivity index (χ1v) is 3.72. The number of nitrogens with zero attached hydrogens (tertiary/aromatic N) is 3. The fraction of sp³-hybridized carbons (Fsp3) is 0.125. The molecule has 0 saturated heterocycles. The second kappa shape index (κ2) is 2.55. The molecule has 0 amide bonds. The van der Waals surface area contributed by atoms with Crippen molar-refractivity contribution in [1.29, 1.82) is 0 Å². The highest BCUT2D eigenvalue weighted by atomic mass is 16.4. The molecular formula is C8H7N3O2. The first-order valence-electron chi connectivity index (χ1n) is 3.72. The third-order valence-corrected chi connectivity index (χ3v) is 1.86. The van der Waals surface area contributed by atoms with E-state index < -0.39 is 5.97 Å². The van der Waals surface area contributed by atoms with Gasteiger partial charge in [-0.1, -0.05) is 0 Å². The molecule has 2 rings (SSSR count). The Bertz CT molecular complexity index is 475. The lowest BCUT2D eigenvalue weighted by atomic mass is 10.3. The van der Waals surface area contributed by atoms with Gasteiger partial charge in [0.15, 0.2) is 5.69 Å². The highest BCUT2D eigenvalue weighted by Gasteiger charge is 2.12. The first-order chi connectivity index (χ1) is 6.20. The van der Waals surface area contributed by atoms with Gasteiger partial charge >= 0.3 is 5.97 Å². The molecule has 0 aliphatic rings. The van der Waals surface area contributed by atoms with E-state index in [2.05, 4.69) is 10.1 Å². The molecule has 5 heteroatoms. The zero-order chi connectivity index (χ0) is 9.42. The summed E-state index contributed by atoms with van der Waals surface area (Å²) in [5.41, 5.74) is 1.74. The van der Waals surface area contributed by atoms with E-state index in [4.69, 9.17) is 5.11 Å². The SMILES string of the molecule is Cc1cc(C(=O)O)n2ncncc12. The van der Waals surface area contributed by atoms with Crippen molar-refractivity contribution in [3.63, 3.8) is 0 Å². The normalized spacial score (nSPS) is 10.5. The Morgan fingerprint density at radius 2 is 2.38 bits per heavy atom. The van der Waals surface area contributed by atoms with Crippen molar-refractivity contribution in [3.8, 4) is 0 Å². The number of carboxylic acid groups (broad SMARTS) is 1. The highest BCUT2D eigenvalue weighted by molar-refractivity contribution is 5.88. The van der Waals surface area contributed by atoms with Crippen molar-refractivity contribution >= 4 is 11.5 Å². The summed E-state index contributed by atoms with van der Waals surface area (Å²) in [5, 5.41) is 12.7. The summed E-state index contributed by atoms with van der Waals surface area (Å²) in [4.78, 5) is 14.6. The van der Waals surface area contributed by atoms with Crippen molar-refractivity contribution in [3.05, 3.63) is 29.8 Å². The largest absolute Gasteiger partial charge is 0.477 e. The fourth-order valence-electron chi connectivity index (χ4n) is 1.26.